The van der Waals surface area contributed by atoms with Gasteiger partial charge in [0.2, 0.25) is 5.91 Å². The molecular formula is C28H42ClFN2O5S. The minimum atomic E-state index is -1.39. The molecule has 2 saturated heterocycles. The Hall–Kier alpha value is -0.940. The van der Waals surface area contributed by atoms with Gasteiger partial charge in [0.05, 0.1) is 17.5 Å². The summed E-state index contributed by atoms with van der Waals surface area (Å²) in [4.78, 5) is 13.2. The minimum Gasteiger partial charge on any atom is -0.388 e. The van der Waals surface area contributed by atoms with Gasteiger partial charge in [0.15, 0.2) is 0 Å². The molecule has 38 heavy (non-hydrogen) atoms. The van der Waals surface area contributed by atoms with Gasteiger partial charge >= 0.3 is 0 Å². The van der Waals surface area contributed by atoms with Gasteiger partial charge in [0.1, 0.15) is 35.7 Å². The lowest BCUT2D eigenvalue weighted by Crippen LogP contribution is -2.65. The number of amides is 1. The predicted octanol–water partition coefficient (Wildman–Crippen LogP) is 3.07. The topological polar surface area (TPSA) is 111 Å². The van der Waals surface area contributed by atoms with Crippen molar-refractivity contribution in [1.82, 2.24) is 10.6 Å². The summed E-state index contributed by atoms with van der Waals surface area (Å²) in [5, 5.41) is 36.8. The summed E-state index contributed by atoms with van der Waals surface area (Å²) in [6.45, 7) is 2.45. The summed E-state index contributed by atoms with van der Waals surface area (Å²) in [6, 6.07) is 4.07. The highest BCUT2D eigenvalue weighted by Gasteiger charge is 2.48. The van der Waals surface area contributed by atoms with Crippen LogP contribution in [-0.4, -0.2) is 81.3 Å². The van der Waals surface area contributed by atoms with E-state index in [1.54, 1.807) is 25.3 Å². The van der Waals surface area contributed by atoms with Crippen LogP contribution in [0.4, 0.5) is 4.39 Å². The van der Waals surface area contributed by atoms with Gasteiger partial charge in [0, 0.05) is 0 Å². The van der Waals surface area contributed by atoms with E-state index in [0.29, 0.717) is 18.3 Å². The third kappa shape index (κ3) is 7.03. The Morgan fingerprint density at radius 2 is 1.97 bits per heavy atom. The lowest BCUT2D eigenvalue weighted by molar-refractivity contribution is -0.205. The number of nitrogens with one attached hydrogen (secondary N) is 2. The van der Waals surface area contributed by atoms with E-state index in [1.165, 1.54) is 22.9 Å². The average Bonchev–Trinajstić information content (AvgIpc) is 3.13. The molecule has 10 atom stereocenters. The number of hydrogen-bond donors (Lipinski definition) is 5. The average molecular weight is 573 g/mol. The van der Waals surface area contributed by atoms with Gasteiger partial charge in [-0.15, -0.1) is 23.4 Å². The van der Waals surface area contributed by atoms with E-state index in [0.717, 1.165) is 51.5 Å². The van der Waals surface area contributed by atoms with Crippen LogP contribution in [0.25, 0.3) is 0 Å². The Morgan fingerprint density at radius 3 is 2.71 bits per heavy atom. The maximum absolute atomic E-state index is 13.7. The number of alkyl halides is 1. The number of aliphatic hydroxyl groups excluding tert-OH is 3. The van der Waals surface area contributed by atoms with Crippen molar-refractivity contribution >= 4 is 29.3 Å². The van der Waals surface area contributed by atoms with Crippen LogP contribution < -0.4 is 10.6 Å². The molecule has 1 aromatic rings. The van der Waals surface area contributed by atoms with E-state index in [1.807, 2.05) is 6.07 Å². The monoisotopic (exact) mass is 572 g/mol. The molecule has 0 aromatic heterocycles. The Kier molecular flexibility index (Phi) is 10.8. The molecule has 2 aliphatic heterocycles. The Labute approximate surface area is 234 Å². The summed E-state index contributed by atoms with van der Waals surface area (Å²) < 4.78 is 19.6. The van der Waals surface area contributed by atoms with Crippen LogP contribution in [0.3, 0.4) is 0 Å². The van der Waals surface area contributed by atoms with Gasteiger partial charge in [-0.1, -0.05) is 18.9 Å². The smallest absolute Gasteiger partial charge is 0.237 e. The van der Waals surface area contributed by atoms with Crippen molar-refractivity contribution in [2.24, 2.45) is 5.92 Å². The molecule has 4 rings (SSSR count). The van der Waals surface area contributed by atoms with Crippen molar-refractivity contribution in [2.45, 2.75) is 112 Å². The highest BCUT2D eigenvalue weighted by atomic mass is 35.5. The molecule has 0 radical (unpaired) electrons. The van der Waals surface area contributed by atoms with E-state index in [-0.39, 0.29) is 17.8 Å². The minimum absolute atomic E-state index is 0.150. The molecule has 0 bridgehead atoms. The van der Waals surface area contributed by atoms with Crippen molar-refractivity contribution in [3.05, 3.63) is 35.1 Å². The zero-order chi connectivity index (χ0) is 27.4. The SMILES string of the molecule is CSC1O[C@H]([C@H](NC(=O)[C@@H]2CC[C@H](CCCC3CCc4ccc(F)cc43)CCN2)C(C)Cl)C(O)C(O)[C@H]1O. The fourth-order valence-corrected chi connectivity index (χ4v) is 7.21. The highest BCUT2D eigenvalue weighted by molar-refractivity contribution is 7.99. The predicted molar refractivity (Wildman–Crippen MR) is 148 cm³/mol. The van der Waals surface area contributed by atoms with Crippen LogP contribution >= 0.6 is 23.4 Å². The molecule has 1 amide bonds. The van der Waals surface area contributed by atoms with E-state index < -0.39 is 41.3 Å². The first kappa shape index (κ1) is 30.0. The molecule has 5 unspecified atom stereocenters. The molecule has 0 spiro atoms. The summed E-state index contributed by atoms with van der Waals surface area (Å²) >= 11 is 7.64. The summed E-state index contributed by atoms with van der Waals surface area (Å²) in [5.74, 6) is 0.618. The number of aryl methyl sites for hydroxylation is 1. The number of benzene rings is 1. The fourth-order valence-electron chi connectivity index (χ4n) is 6.32. The second-order valence-electron chi connectivity index (χ2n) is 11.1. The number of thioether (sulfide) groups is 1. The fraction of sp³-hybridized carbons (Fsp3) is 0.750. The Bertz CT molecular complexity index is 941. The molecule has 7 nitrogen and oxygen atoms in total. The van der Waals surface area contributed by atoms with Gasteiger partial charge in [-0.25, -0.2) is 4.39 Å². The van der Waals surface area contributed by atoms with Crippen molar-refractivity contribution in [1.29, 1.82) is 0 Å². The molecule has 2 fully saturated rings. The molecule has 3 aliphatic rings. The quantitative estimate of drug-likeness (QED) is 0.289. The highest BCUT2D eigenvalue weighted by Crippen LogP contribution is 2.38. The van der Waals surface area contributed by atoms with Crippen molar-refractivity contribution in [3.8, 4) is 0 Å². The van der Waals surface area contributed by atoms with Gasteiger partial charge < -0.3 is 30.7 Å². The zero-order valence-electron chi connectivity index (χ0n) is 22.2. The largest absolute Gasteiger partial charge is 0.388 e. The standard InChI is InChI=1S/C28H42ClFN2O5S/c1-15(29)22(26-24(34)23(33)25(35)28(37-26)38-2)32-27(36)21-11-6-16(12-13-31-21)4-3-5-17-7-8-18-9-10-19(30)14-20(17)18/h9-10,14-17,21-26,28,31,33-35H,3-8,11-13H2,1-2H3,(H,32,36)/t15?,16-,17?,21-,22+,23?,24?,25+,26+,28?/m0/s1. The number of fused-ring (bicyclic) bond motifs is 1. The van der Waals surface area contributed by atoms with E-state index in [9.17, 15) is 24.5 Å². The van der Waals surface area contributed by atoms with Gasteiger partial charge in [-0.05, 0) is 93.3 Å². The second-order valence-corrected chi connectivity index (χ2v) is 12.8. The van der Waals surface area contributed by atoms with Crippen LogP contribution in [0.1, 0.15) is 68.9 Å². The number of aliphatic hydroxyl groups is 3. The van der Waals surface area contributed by atoms with Gasteiger partial charge in [-0.3, -0.25) is 4.79 Å². The maximum atomic E-state index is 13.7. The lowest BCUT2D eigenvalue weighted by atomic mass is 9.89. The maximum Gasteiger partial charge on any atom is 0.237 e. The van der Waals surface area contributed by atoms with Crippen molar-refractivity contribution in [3.63, 3.8) is 0 Å². The Morgan fingerprint density at radius 1 is 1.18 bits per heavy atom. The van der Waals surface area contributed by atoms with Crippen LogP contribution in [0, 0.1) is 11.7 Å². The number of carbonyl (C=O) groups is 1. The van der Waals surface area contributed by atoms with Gasteiger partial charge in [0.25, 0.3) is 0 Å². The first-order valence-electron chi connectivity index (χ1n) is 13.9. The van der Waals surface area contributed by atoms with Crippen LogP contribution in [0.2, 0.25) is 0 Å². The summed E-state index contributed by atoms with van der Waals surface area (Å²) in [7, 11) is 0. The molecule has 0 saturated carbocycles. The molecule has 5 N–H and O–H groups in total. The zero-order valence-corrected chi connectivity index (χ0v) is 23.8. The normalized spacial score (nSPS) is 35.2. The third-order valence-electron chi connectivity index (χ3n) is 8.59. The van der Waals surface area contributed by atoms with Crippen molar-refractivity contribution < 1.29 is 29.2 Å². The Balaban J connectivity index is 1.27. The summed E-state index contributed by atoms with van der Waals surface area (Å²) in [5.41, 5.74) is 1.74. The lowest BCUT2D eigenvalue weighted by Gasteiger charge is -2.44. The van der Waals surface area contributed by atoms with Crippen LogP contribution in [0.5, 0.6) is 0 Å². The number of carbonyl (C=O) groups excluding carboxylic acids is 1. The van der Waals surface area contributed by atoms with E-state index >= 15 is 0 Å². The molecule has 2 heterocycles. The third-order valence-corrected chi connectivity index (χ3v) is 9.72. The molecule has 10 heteroatoms. The van der Waals surface area contributed by atoms with E-state index in [2.05, 4.69) is 10.6 Å². The van der Waals surface area contributed by atoms with E-state index in [4.69, 9.17) is 16.3 Å². The number of hydrogen-bond acceptors (Lipinski definition) is 7. The van der Waals surface area contributed by atoms with Crippen LogP contribution in [-0.2, 0) is 16.0 Å². The number of rotatable bonds is 9. The second kappa shape index (κ2) is 13.6. The molecule has 214 valence electrons. The first-order valence-corrected chi connectivity index (χ1v) is 15.6. The summed E-state index contributed by atoms with van der Waals surface area (Å²) in [6.07, 6.45) is 4.80. The molecule has 1 aromatic carbocycles. The van der Waals surface area contributed by atoms with Crippen molar-refractivity contribution in [2.75, 3.05) is 12.8 Å². The van der Waals surface area contributed by atoms with Crippen LogP contribution in [0.15, 0.2) is 18.2 Å². The number of halogens is 2. The number of ether oxygens (including phenoxy) is 1. The molecular weight excluding hydrogens is 531 g/mol. The molecule has 1 aliphatic carbocycles. The first-order chi connectivity index (χ1) is 18.2. The van der Waals surface area contributed by atoms with Gasteiger partial charge in [-0.2, -0.15) is 0 Å².